The third-order valence-electron chi connectivity index (χ3n) is 5.08. The smallest absolute Gasteiger partial charge is 0.317 e. The molecule has 3 aliphatic rings. The number of hydrogen-bond acceptors (Lipinski definition) is 2. The number of amides is 2. The van der Waals surface area contributed by atoms with E-state index in [-0.39, 0.29) is 18.4 Å². The Kier molecular flexibility index (Phi) is 3.37. The second kappa shape index (κ2) is 5.02. The van der Waals surface area contributed by atoms with Crippen LogP contribution in [0.2, 0.25) is 0 Å². The molecule has 0 radical (unpaired) electrons. The Morgan fingerprint density at radius 3 is 2.68 bits per heavy atom. The summed E-state index contributed by atoms with van der Waals surface area (Å²) in [7, 11) is 0. The number of rotatable bonds is 3. The quantitative estimate of drug-likeness (QED) is 0.816. The van der Waals surface area contributed by atoms with Crippen molar-refractivity contribution in [3.8, 4) is 0 Å². The van der Waals surface area contributed by atoms with Crippen molar-refractivity contribution in [3.63, 3.8) is 0 Å². The van der Waals surface area contributed by atoms with Crippen LogP contribution >= 0.6 is 0 Å². The lowest BCUT2D eigenvalue weighted by molar-refractivity contribution is -0.138. The molecule has 5 nitrogen and oxygen atoms in total. The Labute approximate surface area is 113 Å². The van der Waals surface area contributed by atoms with Crippen molar-refractivity contribution in [2.75, 3.05) is 13.1 Å². The van der Waals surface area contributed by atoms with Crippen molar-refractivity contribution in [1.82, 2.24) is 10.2 Å². The minimum atomic E-state index is -0.764. The molecule has 1 saturated heterocycles. The van der Waals surface area contributed by atoms with Gasteiger partial charge in [0, 0.05) is 25.6 Å². The van der Waals surface area contributed by atoms with Gasteiger partial charge in [0.15, 0.2) is 0 Å². The SMILES string of the molecule is O=C(O)CC1CCN(C(=O)NC2CC3CCC2C3)C1. The number of nitrogens with zero attached hydrogens (tertiary/aromatic N) is 1. The lowest BCUT2D eigenvalue weighted by atomic mass is 9.95. The second-order valence-electron chi connectivity index (χ2n) is 6.43. The summed E-state index contributed by atoms with van der Waals surface area (Å²) < 4.78 is 0. The fraction of sp³-hybridized carbons (Fsp3) is 0.857. The summed E-state index contributed by atoms with van der Waals surface area (Å²) in [5, 5.41) is 11.9. The summed E-state index contributed by atoms with van der Waals surface area (Å²) in [6.07, 6.45) is 6.02. The van der Waals surface area contributed by atoms with E-state index >= 15 is 0 Å². The van der Waals surface area contributed by atoms with Crippen LogP contribution in [0, 0.1) is 17.8 Å². The molecule has 3 rings (SSSR count). The maximum Gasteiger partial charge on any atom is 0.317 e. The Morgan fingerprint density at radius 2 is 2.05 bits per heavy atom. The highest BCUT2D eigenvalue weighted by atomic mass is 16.4. The Morgan fingerprint density at radius 1 is 1.21 bits per heavy atom. The van der Waals surface area contributed by atoms with Crippen molar-refractivity contribution < 1.29 is 14.7 Å². The molecule has 0 aromatic rings. The van der Waals surface area contributed by atoms with Crippen LogP contribution in [-0.2, 0) is 4.79 Å². The Balaban J connectivity index is 1.47. The van der Waals surface area contributed by atoms with E-state index in [2.05, 4.69) is 5.32 Å². The van der Waals surface area contributed by atoms with Gasteiger partial charge in [0.2, 0.25) is 0 Å². The maximum absolute atomic E-state index is 12.2. The molecule has 19 heavy (non-hydrogen) atoms. The molecule has 1 heterocycles. The summed E-state index contributed by atoms with van der Waals surface area (Å²) in [4.78, 5) is 24.6. The molecule has 2 amide bonds. The van der Waals surface area contributed by atoms with Gasteiger partial charge in [0.05, 0.1) is 0 Å². The van der Waals surface area contributed by atoms with Crippen LogP contribution < -0.4 is 5.32 Å². The van der Waals surface area contributed by atoms with Gasteiger partial charge in [-0.2, -0.15) is 0 Å². The first kappa shape index (κ1) is 12.8. The molecular formula is C14H22N2O3. The lowest BCUT2D eigenvalue weighted by Crippen LogP contribution is -2.45. The number of fused-ring (bicyclic) bond motifs is 2. The van der Waals surface area contributed by atoms with E-state index in [1.54, 1.807) is 4.90 Å². The molecule has 2 N–H and O–H groups in total. The van der Waals surface area contributed by atoms with Crippen LogP contribution in [0.1, 0.15) is 38.5 Å². The first-order chi connectivity index (χ1) is 9.11. The summed E-state index contributed by atoms with van der Waals surface area (Å²) in [6.45, 7) is 1.30. The molecule has 1 aliphatic heterocycles. The van der Waals surface area contributed by atoms with Gasteiger partial charge in [-0.1, -0.05) is 6.42 Å². The molecule has 0 aromatic heterocycles. The standard InChI is InChI=1S/C14H22N2O3/c17-13(18)7-10-3-4-16(8-10)14(19)15-12-6-9-1-2-11(12)5-9/h9-12H,1-8H2,(H,15,19)(H,17,18). The molecule has 3 fully saturated rings. The van der Waals surface area contributed by atoms with Gasteiger partial charge in [0.25, 0.3) is 0 Å². The monoisotopic (exact) mass is 266 g/mol. The van der Waals surface area contributed by atoms with E-state index < -0.39 is 5.97 Å². The average Bonchev–Trinajstić information content (AvgIpc) is 3.03. The number of likely N-dealkylation sites (tertiary alicyclic amines) is 1. The van der Waals surface area contributed by atoms with Crippen LogP contribution in [0.4, 0.5) is 4.79 Å². The largest absolute Gasteiger partial charge is 0.481 e. The third kappa shape index (κ3) is 2.69. The number of carboxylic acid groups (broad SMARTS) is 1. The molecule has 0 spiro atoms. The van der Waals surface area contributed by atoms with Crippen LogP contribution in [0.25, 0.3) is 0 Å². The fourth-order valence-electron chi connectivity index (χ4n) is 4.10. The number of urea groups is 1. The molecule has 5 heteroatoms. The van der Waals surface area contributed by atoms with Crippen molar-refractivity contribution in [2.24, 2.45) is 17.8 Å². The number of aliphatic carboxylic acids is 1. The molecular weight excluding hydrogens is 244 g/mol. The van der Waals surface area contributed by atoms with E-state index in [0.717, 1.165) is 18.8 Å². The van der Waals surface area contributed by atoms with Gasteiger partial charge in [-0.05, 0) is 43.4 Å². The van der Waals surface area contributed by atoms with E-state index in [9.17, 15) is 9.59 Å². The Bertz CT molecular complexity index is 385. The van der Waals surface area contributed by atoms with E-state index in [1.165, 1.54) is 19.3 Å². The summed E-state index contributed by atoms with van der Waals surface area (Å²) >= 11 is 0. The highest BCUT2D eigenvalue weighted by Crippen LogP contribution is 2.44. The minimum Gasteiger partial charge on any atom is -0.481 e. The fourth-order valence-corrected chi connectivity index (χ4v) is 4.10. The van der Waals surface area contributed by atoms with E-state index in [0.29, 0.717) is 25.0 Å². The molecule has 4 unspecified atom stereocenters. The second-order valence-corrected chi connectivity index (χ2v) is 6.43. The molecule has 2 aliphatic carbocycles. The normalized spacial score (nSPS) is 36.7. The summed E-state index contributed by atoms with van der Waals surface area (Å²) in [6, 6.07) is 0.384. The summed E-state index contributed by atoms with van der Waals surface area (Å²) in [5.74, 6) is 0.878. The van der Waals surface area contributed by atoms with Gasteiger partial charge >= 0.3 is 12.0 Å². The van der Waals surface area contributed by atoms with Gasteiger partial charge < -0.3 is 15.3 Å². The first-order valence-electron chi connectivity index (χ1n) is 7.39. The predicted octanol–water partition coefficient (Wildman–Crippen LogP) is 1.68. The van der Waals surface area contributed by atoms with Gasteiger partial charge in [-0.25, -0.2) is 4.79 Å². The van der Waals surface area contributed by atoms with Crippen molar-refractivity contribution in [3.05, 3.63) is 0 Å². The van der Waals surface area contributed by atoms with E-state index in [4.69, 9.17) is 5.11 Å². The first-order valence-corrected chi connectivity index (χ1v) is 7.39. The number of nitrogens with one attached hydrogen (secondary N) is 1. The van der Waals surface area contributed by atoms with Gasteiger partial charge in [-0.3, -0.25) is 4.79 Å². The van der Waals surface area contributed by atoms with Crippen molar-refractivity contribution in [2.45, 2.75) is 44.6 Å². The Hall–Kier alpha value is -1.26. The average molecular weight is 266 g/mol. The van der Waals surface area contributed by atoms with Crippen molar-refractivity contribution in [1.29, 1.82) is 0 Å². The van der Waals surface area contributed by atoms with Gasteiger partial charge in [-0.15, -0.1) is 0 Å². The zero-order valence-corrected chi connectivity index (χ0v) is 11.2. The number of carbonyl (C=O) groups excluding carboxylic acids is 1. The highest BCUT2D eigenvalue weighted by molar-refractivity contribution is 5.75. The van der Waals surface area contributed by atoms with E-state index in [1.807, 2.05) is 0 Å². The topological polar surface area (TPSA) is 69.6 Å². The summed E-state index contributed by atoms with van der Waals surface area (Å²) in [5.41, 5.74) is 0. The van der Waals surface area contributed by atoms with Crippen molar-refractivity contribution >= 4 is 12.0 Å². The number of carboxylic acids is 1. The number of hydrogen-bond donors (Lipinski definition) is 2. The van der Waals surface area contributed by atoms with Gasteiger partial charge in [0.1, 0.15) is 0 Å². The predicted molar refractivity (Wildman–Crippen MR) is 69.7 cm³/mol. The minimum absolute atomic E-state index is 0.0189. The molecule has 0 aromatic carbocycles. The zero-order chi connectivity index (χ0) is 13.4. The lowest BCUT2D eigenvalue weighted by Gasteiger charge is -2.26. The van der Waals surface area contributed by atoms with Crippen LogP contribution in [0.3, 0.4) is 0 Å². The van der Waals surface area contributed by atoms with Crippen LogP contribution in [0.15, 0.2) is 0 Å². The number of carbonyl (C=O) groups is 2. The maximum atomic E-state index is 12.2. The zero-order valence-electron chi connectivity index (χ0n) is 11.2. The molecule has 2 saturated carbocycles. The molecule has 2 bridgehead atoms. The van der Waals surface area contributed by atoms with Crippen LogP contribution in [0.5, 0.6) is 0 Å². The molecule has 4 atom stereocenters. The highest BCUT2D eigenvalue weighted by Gasteiger charge is 2.41. The molecule has 106 valence electrons. The van der Waals surface area contributed by atoms with Crippen LogP contribution in [-0.4, -0.2) is 41.1 Å². The third-order valence-corrected chi connectivity index (χ3v) is 5.08.